The highest BCUT2D eigenvalue weighted by atomic mass is 19.4. The number of aliphatic hydroxyl groups is 1. The first kappa shape index (κ1) is 25.6. The van der Waals surface area contributed by atoms with Crippen molar-refractivity contribution in [3.63, 3.8) is 0 Å². The van der Waals surface area contributed by atoms with Crippen LogP contribution in [-0.4, -0.2) is 42.4 Å². The standard InChI is InChI=1S/C28H27F3N4O3/c1-37-23-11-10-20(17-24(23)38-2)32-25-21-8-3-4-9-22(21)33-26(34-25)35-14-12-27(36,13-15-35)18-6-5-7-19(16-18)28(29,30)31/h3-11,16-17,36H,12-15H2,1-2H3,(H,32,33,34). The zero-order valence-corrected chi connectivity index (χ0v) is 20.9. The molecule has 0 bridgehead atoms. The van der Waals surface area contributed by atoms with E-state index in [-0.39, 0.29) is 18.4 Å². The number of fused-ring (bicyclic) bond motifs is 1. The smallest absolute Gasteiger partial charge is 0.416 e. The number of para-hydroxylation sites is 1. The topological polar surface area (TPSA) is 79.7 Å². The largest absolute Gasteiger partial charge is 0.493 e. The molecule has 10 heteroatoms. The molecule has 7 nitrogen and oxygen atoms in total. The summed E-state index contributed by atoms with van der Waals surface area (Å²) in [5.74, 6) is 2.24. The van der Waals surface area contributed by atoms with Crippen molar-refractivity contribution < 1.29 is 27.8 Å². The van der Waals surface area contributed by atoms with Gasteiger partial charge in [0.25, 0.3) is 0 Å². The summed E-state index contributed by atoms with van der Waals surface area (Å²) in [6.45, 7) is 0.752. The summed E-state index contributed by atoms with van der Waals surface area (Å²) in [6.07, 6.45) is -3.99. The first-order chi connectivity index (χ1) is 18.2. The van der Waals surface area contributed by atoms with Crippen molar-refractivity contribution >= 4 is 28.4 Å². The van der Waals surface area contributed by atoms with Crippen LogP contribution in [0.25, 0.3) is 10.9 Å². The fraction of sp³-hybridized carbons (Fsp3) is 0.286. The Bertz CT molecular complexity index is 1450. The molecule has 0 atom stereocenters. The van der Waals surface area contributed by atoms with E-state index in [0.717, 1.165) is 28.7 Å². The van der Waals surface area contributed by atoms with Crippen LogP contribution in [0.5, 0.6) is 11.5 Å². The summed E-state index contributed by atoms with van der Waals surface area (Å²) in [4.78, 5) is 11.5. The van der Waals surface area contributed by atoms with Crippen LogP contribution in [0.3, 0.4) is 0 Å². The maximum absolute atomic E-state index is 13.2. The van der Waals surface area contributed by atoms with Gasteiger partial charge in [-0.2, -0.15) is 18.2 Å². The van der Waals surface area contributed by atoms with E-state index in [1.165, 1.54) is 6.07 Å². The molecular weight excluding hydrogens is 497 g/mol. The van der Waals surface area contributed by atoms with Gasteiger partial charge in [-0.05, 0) is 54.8 Å². The molecular formula is C28H27F3N4O3. The number of hydrogen-bond acceptors (Lipinski definition) is 7. The third kappa shape index (κ3) is 5.04. The zero-order valence-electron chi connectivity index (χ0n) is 20.9. The van der Waals surface area contributed by atoms with E-state index in [4.69, 9.17) is 19.4 Å². The summed E-state index contributed by atoms with van der Waals surface area (Å²) in [6, 6.07) is 18.0. The molecule has 1 fully saturated rings. The van der Waals surface area contributed by atoms with Crippen LogP contribution in [0.4, 0.5) is 30.6 Å². The Labute approximate surface area is 217 Å². The minimum Gasteiger partial charge on any atom is -0.493 e. The molecule has 2 heterocycles. The van der Waals surface area contributed by atoms with Crippen LogP contribution in [0.1, 0.15) is 24.0 Å². The number of ether oxygens (including phenoxy) is 2. The predicted octanol–water partition coefficient (Wildman–Crippen LogP) is 5.90. The SMILES string of the molecule is COc1ccc(Nc2nc(N3CCC(O)(c4cccc(C(F)(F)F)c4)CC3)nc3ccccc23)cc1OC. The molecule has 2 N–H and O–H groups in total. The average Bonchev–Trinajstić information content (AvgIpc) is 2.93. The molecule has 5 rings (SSSR count). The highest BCUT2D eigenvalue weighted by molar-refractivity contribution is 5.92. The molecule has 3 aromatic carbocycles. The van der Waals surface area contributed by atoms with Crippen LogP contribution in [0, 0.1) is 0 Å². The summed E-state index contributed by atoms with van der Waals surface area (Å²) in [5, 5.41) is 15.4. The average molecular weight is 525 g/mol. The number of hydrogen-bond donors (Lipinski definition) is 2. The number of anilines is 3. The van der Waals surface area contributed by atoms with Gasteiger partial charge in [0.15, 0.2) is 11.5 Å². The Balaban J connectivity index is 1.41. The number of aromatic nitrogens is 2. The van der Waals surface area contributed by atoms with Gasteiger partial charge in [0.05, 0.1) is 30.9 Å². The van der Waals surface area contributed by atoms with E-state index in [1.54, 1.807) is 26.4 Å². The Hall–Kier alpha value is -4.05. The molecule has 198 valence electrons. The van der Waals surface area contributed by atoms with E-state index in [2.05, 4.69) is 5.32 Å². The van der Waals surface area contributed by atoms with E-state index in [1.807, 2.05) is 41.3 Å². The number of rotatable bonds is 6. The molecule has 1 aliphatic heterocycles. The molecule has 4 aromatic rings. The van der Waals surface area contributed by atoms with Gasteiger partial charge in [-0.3, -0.25) is 0 Å². The van der Waals surface area contributed by atoms with Crippen molar-refractivity contribution in [2.45, 2.75) is 24.6 Å². The monoisotopic (exact) mass is 524 g/mol. The van der Waals surface area contributed by atoms with Crippen LogP contribution in [-0.2, 0) is 11.8 Å². The molecule has 0 amide bonds. The molecule has 1 aliphatic rings. The van der Waals surface area contributed by atoms with Gasteiger partial charge >= 0.3 is 6.18 Å². The third-order valence-corrected chi connectivity index (χ3v) is 6.84. The maximum atomic E-state index is 13.2. The summed E-state index contributed by atoms with van der Waals surface area (Å²) < 4.78 is 50.4. The molecule has 0 radical (unpaired) electrons. The molecule has 0 unspecified atom stereocenters. The van der Waals surface area contributed by atoms with E-state index in [0.29, 0.717) is 36.4 Å². The number of alkyl halides is 3. The van der Waals surface area contributed by atoms with Crippen molar-refractivity contribution in [1.29, 1.82) is 0 Å². The normalized spacial score (nSPS) is 15.4. The summed E-state index contributed by atoms with van der Waals surface area (Å²) in [7, 11) is 3.14. The Morgan fingerprint density at radius 3 is 2.34 bits per heavy atom. The Morgan fingerprint density at radius 1 is 0.895 bits per heavy atom. The van der Waals surface area contributed by atoms with Gasteiger partial charge in [-0.1, -0.05) is 24.3 Å². The van der Waals surface area contributed by atoms with Crippen LogP contribution in [0.2, 0.25) is 0 Å². The van der Waals surface area contributed by atoms with Crippen molar-refractivity contribution in [3.05, 3.63) is 77.9 Å². The lowest BCUT2D eigenvalue weighted by atomic mass is 9.84. The molecule has 38 heavy (non-hydrogen) atoms. The van der Waals surface area contributed by atoms with E-state index >= 15 is 0 Å². The first-order valence-electron chi connectivity index (χ1n) is 12.1. The highest BCUT2D eigenvalue weighted by Crippen LogP contribution is 2.38. The fourth-order valence-electron chi connectivity index (χ4n) is 4.70. The van der Waals surface area contributed by atoms with E-state index in [9.17, 15) is 18.3 Å². The van der Waals surface area contributed by atoms with Gasteiger partial charge < -0.3 is 24.8 Å². The number of methoxy groups -OCH3 is 2. The van der Waals surface area contributed by atoms with Crippen molar-refractivity contribution in [3.8, 4) is 11.5 Å². The van der Waals surface area contributed by atoms with Crippen molar-refractivity contribution in [2.75, 3.05) is 37.5 Å². The van der Waals surface area contributed by atoms with Gasteiger partial charge in [0.1, 0.15) is 5.82 Å². The maximum Gasteiger partial charge on any atom is 0.416 e. The van der Waals surface area contributed by atoms with Crippen LogP contribution in [0.15, 0.2) is 66.7 Å². The van der Waals surface area contributed by atoms with Gasteiger partial charge in [-0.25, -0.2) is 4.98 Å². The molecule has 1 saturated heterocycles. The predicted molar refractivity (Wildman–Crippen MR) is 139 cm³/mol. The molecule has 0 aliphatic carbocycles. The minimum absolute atomic E-state index is 0.239. The van der Waals surface area contributed by atoms with E-state index < -0.39 is 17.3 Å². The minimum atomic E-state index is -4.47. The highest BCUT2D eigenvalue weighted by Gasteiger charge is 2.37. The second-order valence-corrected chi connectivity index (χ2v) is 9.18. The van der Waals surface area contributed by atoms with Crippen molar-refractivity contribution in [1.82, 2.24) is 9.97 Å². The lowest BCUT2D eigenvalue weighted by molar-refractivity contribution is -0.137. The number of piperidine rings is 1. The zero-order chi connectivity index (χ0) is 26.9. The lowest BCUT2D eigenvalue weighted by Crippen LogP contribution is -2.43. The molecule has 0 saturated carbocycles. The van der Waals surface area contributed by atoms with Gasteiger partial charge in [-0.15, -0.1) is 0 Å². The fourth-order valence-corrected chi connectivity index (χ4v) is 4.70. The van der Waals surface area contributed by atoms with Crippen molar-refractivity contribution in [2.24, 2.45) is 0 Å². The summed E-state index contributed by atoms with van der Waals surface area (Å²) in [5.41, 5.74) is -0.388. The second kappa shape index (κ2) is 10.0. The number of halogens is 3. The number of nitrogens with one attached hydrogen (secondary N) is 1. The second-order valence-electron chi connectivity index (χ2n) is 9.18. The first-order valence-corrected chi connectivity index (χ1v) is 12.1. The summed E-state index contributed by atoms with van der Waals surface area (Å²) >= 11 is 0. The molecule has 1 aromatic heterocycles. The Kier molecular flexibility index (Phi) is 6.75. The Morgan fingerprint density at radius 2 is 1.63 bits per heavy atom. The van der Waals surface area contributed by atoms with Crippen LogP contribution < -0.4 is 19.7 Å². The number of benzene rings is 3. The third-order valence-electron chi connectivity index (χ3n) is 6.84. The van der Waals surface area contributed by atoms with Gasteiger partial charge in [0.2, 0.25) is 5.95 Å². The van der Waals surface area contributed by atoms with Crippen LogP contribution >= 0.6 is 0 Å². The lowest BCUT2D eigenvalue weighted by Gasteiger charge is -2.38. The quantitative estimate of drug-likeness (QED) is 0.325. The molecule has 0 spiro atoms. The van der Waals surface area contributed by atoms with Gasteiger partial charge in [0, 0.05) is 30.2 Å². The number of nitrogens with zero attached hydrogens (tertiary/aromatic N) is 3.